The van der Waals surface area contributed by atoms with E-state index in [0.29, 0.717) is 12.8 Å². The predicted molar refractivity (Wildman–Crippen MR) is 177 cm³/mol. The maximum absolute atomic E-state index is 12.3. The third kappa shape index (κ3) is 7.32. The first kappa shape index (κ1) is 38.8. The van der Waals surface area contributed by atoms with Crippen molar-refractivity contribution in [3.63, 3.8) is 0 Å². The van der Waals surface area contributed by atoms with Crippen LogP contribution in [0.3, 0.4) is 0 Å². The lowest BCUT2D eigenvalue weighted by molar-refractivity contribution is -0.335. The summed E-state index contributed by atoms with van der Waals surface area (Å²) in [5.41, 5.74) is -1.29. The number of carbonyl (C=O) groups is 2. The molecule has 0 unspecified atom stereocenters. The minimum Gasteiger partial charge on any atom is -0.481 e. The maximum atomic E-state index is 12.3. The van der Waals surface area contributed by atoms with Gasteiger partial charge in [0.05, 0.1) is 60.4 Å². The number of aliphatic hydroxyl groups is 3. The largest absolute Gasteiger partial charge is 0.481 e. The van der Waals surface area contributed by atoms with E-state index in [2.05, 4.69) is 20.8 Å². The summed E-state index contributed by atoms with van der Waals surface area (Å²) >= 11 is 0. The van der Waals surface area contributed by atoms with E-state index in [1.54, 1.807) is 6.92 Å². The number of carboxylic acids is 1. The molecule has 0 aromatic rings. The number of hydrogen-bond donors (Lipinski definition) is 4. The summed E-state index contributed by atoms with van der Waals surface area (Å²) in [4.78, 5) is 24.3. The molecule has 282 valence electrons. The van der Waals surface area contributed by atoms with Crippen molar-refractivity contribution in [1.29, 1.82) is 0 Å². The average molecular weight is 699 g/mol. The number of hydrogen-bond acceptors (Lipinski definition) is 11. The molecule has 5 aliphatic rings. The Kier molecular flexibility index (Phi) is 11.3. The molecule has 0 amide bonds. The number of aliphatic carboxylic acids is 1. The van der Waals surface area contributed by atoms with Crippen LogP contribution in [0.2, 0.25) is 0 Å². The SMILES string of the molecule is CCC(=O)O[C@H]([C@H](C)[C@H]1O[C@@]2(CC[C@](C)([C@@H]3CC[C@@](C)([C@H]4O[C@@H]([C@@H]5O[C@@](O)(CO)[C@H](C)C[C@@H]5C)C[C@@H]4C)O3)O2)C[C@H](O)[C@H]1C)[C@@H](C)C(=O)O. The summed E-state index contributed by atoms with van der Waals surface area (Å²) in [6.45, 7) is 16.7. The lowest BCUT2D eigenvalue weighted by Crippen LogP contribution is -2.57. The molecule has 49 heavy (non-hydrogen) atoms. The number of aliphatic hydroxyl groups excluding tert-OH is 2. The van der Waals surface area contributed by atoms with E-state index in [9.17, 15) is 30.0 Å². The number of rotatable bonds is 10. The van der Waals surface area contributed by atoms with Crippen LogP contribution in [0.1, 0.15) is 114 Å². The average Bonchev–Trinajstić information content (AvgIpc) is 3.74. The molecule has 5 aliphatic heterocycles. The predicted octanol–water partition coefficient (Wildman–Crippen LogP) is 4.19. The Morgan fingerprint density at radius 2 is 1.65 bits per heavy atom. The summed E-state index contributed by atoms with van der Waals surface area (Å²) in [5.74, 6) is -5.90. The monoisotopic (exact) mass is 698 g/mol. The quantitative estimate of drug-likeness (QED) is 0.240. The number of esters is 1. The highest BCUT2D eigenvalue weighted by Crippen LogP contribution is 2.54. The Balaban J connectivity index is 1.27. The Morgan fingerprint density at radius 3 is 2.29 bits per heavy atom. The lowest BCUT2D eigenvalue weighted by Gasteiger charge is -2.48. The summed E-state index contributed by atoms with van der Waals surface area (Å²) in [6, 6.07) is 0. The van der Waals surface area contributed by atoms with Crippen LogP contribution >= 0.6 is 0 Å². The molecule has 0 aromatic heterocycles. The van der Waals surface area contributed by atoms with Crippen molar-refractivity contribution in [3.8, 4) is 0 Å². The number of carbonyl (C=O) groups excluding carboxylic acids is 1. The zero-order valence-electron chi connectivity index (χ0n) is 30.9. The van der Waals surface area contributed by atoms with Crippen LogP contribution in [0, 0.1) is 35.5 Å². The molecule has 0 saturated carbocycles. The third-order valence-electron chi connectivity index (χ3n) is 12.9. The fourth-order valence-corrected chi connectivity index (χ4v) is 9.66. The Morgan fingerprint density at radius 1 is 0.959 bits per heavy atom. The molecule has 5 saturated heterocycles. The Hall–Kier alpha value is -1.38. The zero-order valence-corrected chi connectivity index (χ0v) is 30.9. The first-order valence-electron chi connectivity index (χ1n) is 18.6. The lowest BCUT2D eigenvalue weighted by atomic mass is 9.78. The van der Waals surface area contributed by atoms with Crippen molar-refractivity contribution in [2.45, 2.75) is 179 Å². The highest BCUT2D eigenvalue weighted by molar-refractivity contribution is 5.72. The Bertz CT molecular complexity index is 1200. The van der Waals surface area contributed by atoms with Gasteiger partial charge in [0.2, 0.25) is 0 Å². The minimum absolute atomic E-state index is 0.121. The van der Waals surface area contributed by atoms with E-state index >= 15 is 0 Å². The first-order valence-corrected chi connectivity index (χ1v) is 18.6. The topological polar surface area (TPSA) is 170 Å². The van der Waals surface area contributed by atoms with Crippen LogP contribution in [-0.4, -0.2) is 104 Å². The summed E-state index contributed by atoms with van der Waals surface area (Å²) in [7, 11) is 0. The van der Waals surface area contributed by atoms with Crippen LogP contribution in [-0.2, 0) is 38.0 Å². The second-order valence-corrected chi connectivity index (χ2v) is 16.8. The van der Waals surface area contributed by atoms with Gasteiger partial charge in [0, 0.05) is 37.0 Å². The molecule has 0 aliphatic carbocycles. The normalized spacial score (nSPS) is 49.1. The molecule has 1 spiro atoms. The number of carboxylic acid groups (broad SMARTS) is 1. The standard InChI is InChI=1S/C37H62O12/c1-10-28(40)45-30(24(7)33(41)42)23(6)31-22(5)25(39)17-36(47-31)14-13-34(8,49-36)27-11-12-35(9,46-27)32-20(3)16-26(44-32)29-19(2)15-21(4)37(43,18-38)48-29/h19-27,29-32,38-39,43H,10-18H2,1-9H3,(H,41,42)/t19-,20-,21+,22+,23-,24+,25-,26+,27-,29+,30+,31-,32-,34+,35-,36+,37-/m0/s1. The van der Waals surface area contributed by atoms with Crippen LogP contribution in [0.5, 0.6) is 0 Å². The van der Waals surface area contributed by atoms with Crippen molar-refractivity contribution >= 4 is 11.9 Å². The van der Waals surface area contributed by atoms with Crippen molar-refractivity contribution in [2.24, 2.45) is 35.5 Å². The van der Waals surface area contributed by atoms with Gasteiger partial charge in [-0.05, 0) is 64.7 Å². The third-order valence-corrected chi connectivity index (χ3v) is 12.9. The zero-order chi connectivity index (χ0) is 36.3. The highest BCUT2D eigenvalue weighted by atomic mass is 16.7. The minimum atomic E-state index is -1.58. The van der Waals surface area contributed by atoms with Crippen LogP contribution in [0.15, 0.2) is 0 Å². The second kappa shape index (κ2) is 14.2. The van der Waals surface area contributed by atoms with Crippen molar-refractivity contribution in [2.75, 3.05) is 6.61 Å². The van der Waals surface area contributed by atoms with Crippen LogP contribution < -0.4 is 0 Å². The summed E-state index contributed by atoms with van der Waals surface area (Å²) < 4.78 is 39.1. The molecular formula is C37H62O12. The van der Waals surface area contributed by atoms with Gasteiger partial charge in [0.15, 0.2) is 11.6 Å². The molecule has 5 heterocycles. The molecule has 4 N–H and O–H groups in total. The van der Waals surface area contributed by atoms with E-state index < -0.39 is 71.5 Å². The van der Waals surface area contributed by atoms with Gasteiger partial charge in [0.1, 0.15) is 6.10 Å². The van der Waals surface area contributed by atoms with Gasteiger partial charge in [-0.15, -0.1) is 0 Å². The van der Waals surface area contributed by atoms with Crippen LogP contribution in [0.25, 0.3) is 0 Å². The molecule has 17 atom stereocenters. The van der Waals surface area contributed by atoms with E-state index in [1.165, 1.54) is 6.92 Å². The van der Waals surface area contributed by atoms with Crippen LogP contribution in [0.4, 0.5) is 0 Å². The van der Waals surface area contributed by atoms with Gasteiger partial charge in [0.25, 0.3) is 0 Å². The van der Waals surface area contributed by atoms with E-state index in [-0.39, 0.29) is 60.9 Å². The highest BCUT2D eigenvalue weighted by Gasteiger charge is 2.61. The van der Waals surface area contributed by atoms with Gasteiger partial charge < -0.3 is 48.8 Å². The van der Waals surface area contributed by atoms with E-state index in [1.807, 2.05) is 27.7 Å². The van der Waals surface area contributed by atoms with E-state index in [4.69, 9.17) is 28.4 Å². The molecule has 5 fully saturated rings. The van der Waals surface area contributed by atoms with Crippen molar-refractivity contribution < 1.29 is 58.4 Å². The molecule has 0 bridgehead atoms. The first-order chi connectivity index (χ1) is 22.8. The Labute approximate surface area is 291 Å². The molecule has 0 radical (unpaired) electrons. The molecule has 12 nitrogen and oxygen atoms in total. The number of ether oxygens (including phenoxy) is 6. The summed E-state index contributed by atoms with van der Waals surface area (Å²) in [5, 5.41) is 42.0. The van der Waals surface area contributed by atoms with Gasteiger partial charge in [-0.1, -0.05) is 41.5 Å². The van der Waals surface area contributed by atoms with Crippen molar-refractivity contribution in [3.05, 3.63) is 0 Å². The molecule has 5 rings (SSSR count). The van der Waals surface area contributed by atoms with Gasteiger partial charge in [-0.2, -0.15) is 0 Å². The molecule has 0 aromatic carbocycles. The fraction of sp³-hybridized carbons (Fsp3) is 0.946. The molecular weight excluding hydrogens is 636 g/mol. The smallest absolute Gasteiger partial charge is 0.309 e. The maximum Gasteiger partial charge on any atom is 0.309 e. The van der Waals surface area contributed by atoms with Gasteiger partial charge in [-0.3, -0.25) is 9.59 Å². The molecule has 12 heteroatoms. The second-order valence-electron chi connectivity index (χ2n) is 16.8. The summed E-state index contributed by atoms with van der Waals surface area (Å²) in [6.07, 6.45) is 1.24. The van der Waals surface area contributed by atoms with Crippen molar-refractivity contribution in [1.82, 2.24) is 0 Å². The van der Waals surface area contributed by atoms with Gasteiger partial charge in [-0.25, -0.2) is 0 Å². The van der Waals surface area contributed by atoms with Gasteiger partial charge >= 0.3 is 11.9 Å². The van der Waals surface area contributed by atoms with E-state index in [0.717, 1.165) is 25.7 Å². The fourth-order valence-electron chi connectivity index (χ4n) is 9.66.